The molecule has 2 aliphatic rings. The van der Waals surface area contributed by atoms with E-state index in [0.717, 1.165) is 18.0 Å². The first-order valence-electron chi connectivity index (χ1n) is 5.49. The molecule has 2 aliphatic carbocycles. The largest absolute Gasteiger partial charge is 0.402 e. The van der Waals surface area contributed by atoms with Crippen LogP contribution in [0.1, 0.15) is 44.9 Å². The maximum Gasteiger partial charge on any atom is 0.00404 e. The summed E-state index contributed by atoms with van der Waals surface area (Å²) in [5.41, 5.74) is 8.59. The van der Waals surface area contributed by atoms with Gasteiger partial charge in [-0.1, -0.05) is 17.7 Å². The summed E-state index contributed by atoms with van der Waals surface area (Å²) < 4.78 is 0. The van der Waals surface area contributed by atoms with Crippen molar-refractivity contribution in [1.29, 1.82) is 0 Å². The van der Waals surface area contributed by atoms with Gasteiger partial charge in [0.2, 0.25) is 0 Å². The van der Waals surface area contributed by atoms with Crippen LogP contribution in [-0.2, 0) is 0 Å². The molecule has 0 amide bonds. The van der Waals surface area contributed by atoms with Crippen LogP contribution in [0.2, 0.25) is 0 Å². The number of hydrogen-bond donors (Lipinski definition) is 1. The predicted octanol–water partition coefficient (Wildman–Crippen LogP) is 3.13. The van der Waals surface area contributed by atoms with Gasteiger partial charge < -0.3 is 5.73 Å². The molecule has 1 unspecified atom stereocenters. The van der Waals surface area contributed by atoms with Crippen molar-refractivity contribution in [3.05, 3.63) is 23.4 Å². The summed E-state index contributed by atoms with van der Waals surface area (Å²) in [7, 11) is 0. The summed E-state index contributed by atoms with van der Waals surface area (Å²) in [5.74, 6) is 0.826. The number of rotatable bonds is 1. The highest BCUT2D eigenvalue weighted by Gasteiger charge is 2.18. The van der Waals surface area contributed by atoms with Gasteiger partial charge in [-0.3, -0.25) is 0 Å². The molecule has 0 fully saturated rings. The quantitative estimate of drug-likeness (QED) is 0.612. The van der Waals surface area contributed by atoms with Crippen molar-refractivity contribution in [2.45, 2.75) is 44.9 Å². The molecule has 1 nitrogen and oxygen atoms in total. The van der Waals surface area contributed by atoms with Gasteiger partial charge in [-0.15, -0.1) is 0 Å². The van der Waals surface area contributed by atoms with Gasteiger partial charge in [-0.2, -0.15) is 0 Å². The number of nitrogens with two attached hydrogens (primary N) is 1. The summed E-state index contributed by atoms with van der Waals surface area (Å²) in [6, 6.07) is 0. The zero-order valence-electron chi connectivity index (χ0n) is 8.26. The summed E-state index contributed by atoms with van der Waals surface area (Å²) in [6.07, 6.45) is 13.8. The van der Waals surface area contributed by atoms with E-state index in [2.05, 4.69) is 12.2 Å². The van der Waals surface area contributed by atoms with E-state index in [1.165, 1.54) is 38.5 Å². The highest BCUT2D eigenvalue weighted by atomic mass is 14.6. The molecule has 0 saturated carbocycles. The summed E-state index contributed by atoms with van der Waals surface area (Å²) >= 11 is 0. The van der Waals surface area contributed by atoms with Crippen LogP contribution in [0, 0.1) is 5.92 Å². The Labute approximate surface area is 80.7 Å². The van der Waals surface area contributed by atoms with Gasteiger partial charge in [-0.25, -0.2) is 0 Å². The first-order valence-corrected chi connectivity index (χ1v) is 5.49. The number of allylic oxidation sites excluding steroid dienone is 4. The molecule has 0 saturated heterocycles. The van der Waals surface area contributed by atoms with E-state index >= 15 is 0 Å². The van der Waals surface area contributed by atoms with Crippen LogP contribution < -0.4 is 5.73 Å². The molecule has 0 aromatic carbocycles. The minimum Gasteiger partial charge on any atom is -0.402 e. The minimum atomic E-state index is 0.826. The summed E-state index contributed by atoms with van der Waals surface area (Å²) in [6.45, 7) is 0. The Morgan fingerprint density at radius 1 is 1.15 bits per heavy atom. The second-order valence-corrected chi connectivity index (χ2v) is 4.28. The molecule has 0 aromatic heterocycles. The maximum absolute atomic E-state index is 5.77. The molecule has 0 spiro atoms. The molecule has 2 rings (SSSR count). The zero-order chi connectivity index (χ0) is 9.10. The Balaban J connectivity index is 1.98. The highest BCUT2D eigenvalue weighted by Crippen LogP contribution is 2.32. The van der Waals surface area contributed by atoms with Crippen LogP contribution in [0.4, 0.5) is 0 Å². The lowest BCUT2D eigenvalue weighted by Crippen LogP contribution is -2.13. The molecule has 2 N–H and O–H groups in total. The van der Waals surface area contributed by atoms with Crippen LogP contribution in [0.3, 0.4) is 0 Å². The maximum atomic E-state index is 5.77. The molecule has 1 heteroatoms. The lowest BCUT2D eigenvalue weighted by molar-refractivity contribution is 0.497. The van der Waals surface area contributed by atoms with Crippen LogP contribution in [0.25, 0.3) is 0 Å². The third kappa shape index (κ3) is 2.15. The lowest BCUT2D eigenvalue weighted by atomic mass is 9.81. The first kappa shape index (κ1) is 8.86. The Morgan fingerprint density at radius 3 is 2.69 bits per heavy atom. The Hall–Kier alpha value is -0.720. The second kappa shape index (κ2) is 3.99. The van der Waals surface area contributed by atoms with Gasteiger partial charge in [0, 0.05) is 5.70 Å². The average molecular weight is 177 g/mol. The average Bonchev–Trinajstić information content (AvgIpc) is 2.20. The molecule has 13 heavy (non-hydrogen) atoms. The molecule has 0 heterocycles. The van der Waals surface area contributed by atoms with Crippen LogP contribution in [-0.4, -0.2) is 0 Å². The first-order chi connectivity index (χ1) is 6.36. The summed E-state index contributed by atoms with van der Waals surface area (Å²) in [5, 5.41) is 0. The fraction of sp³-hybridized carbons (Fsp3) is 0.667. The smallest absolute Gasteiger partial charge is 0.00404 e. The molecule has 0 bridgehead atoms. The van der Waals surface area contributed by atoms with Crippen molar-refractivity contribution in [3.8, 4) is 0 Å². The normalized spacial score (nSPS) is 29.4. The predicted molar refractivity (Wildman–Crippen MR) is 56.2 cm³/mol. The standard InChI is InChI=1S/C12H19N/c13-12-8-6-11(7-9-12)10-4-2-1-3-5-10/h4,8,11H,1-3,5-7,9,13H2. The van der Waals surface area contributed by atoms with Gasteiger partial charge in [0.05, 0.1) is 0 Å². The van der Waals surface area contributed by atoms with E-state index in [1.807, 2.05) is 0 Å². The third-order valence-corrected chi connectivity index (χ3v) is 3.30. The molecule has 0 aromatic rings. The fourth-order valence-electron chi connectivity index (χ4n) is 2.42. The topological polar surface area (TPSA) is 26.0 Å². The van der Waals surface area contributed by atoms with Crippen molar-refractivity contribution < 1.29 is 0 Å². The van der Waals surface area contributed by atoms with Crippen molar-refractivity contribution in [2.75, 3.05) is 0 Å². The Kier molecular flexibility index (Phi) is 2.72. The Bertz CT molecular complexity index is 238. The highest BCUT2D eigenvalue weighted by molar-refractivity contribution is 5.15. The molecular formula is C12H19N. The van der Waals surface area contributed by atoms with E-state index in [9.17, 15) is 0 Å². The van der Waals surface area contributed by atoms with Crippen molar-refractivity contribution in [3.63, 3.8) is 0 Å². The Morgan fingerprint density at radius 2 is 2.08 bits per heavy atom. The third-order valence-electron chi connectivity index (χ3n) is 3.30. The fourth-order valence-corrected chi connectivity index (χ4v) is 2.42. The van der Waals surface area contributed by atoms with Gasteiger partial charge in [-0.05, 0) is 50.9 Å². The van der Waals surface area contributed by atoms with Gasteiger partial charge in [0.1, 0.15) is 0 Å². The van der Waals surface area contributed by atoms with E-state index in [-0.39, 0.29) is 0 Å². The van der Waals surface area contributed by atoms with E-state index in [0.29, 0.717) is 0 Å². The SMILES string of the molecule is NC1=CCC(C2=CCCCC2)CC1. The zero-order valence-corrected chi connectivity index (χ0v) is 8.26. The van der Waals surface area contributed by atoms with Gasteiger partial charge in [0.15, 0.2) is 0 Å². The molecular weight excluding hydrogens is 158 g/mol. The van der Waals surface area contributed by atoms with Gasteiger partial charge in [0.25, 0.3) is 0 Å². The van der Waals surface area contributed by atoms with Crippen LogP contribution >= 0.6 is 0 Å². The molecule has 1 atom stereocenters. The monoisotopic (exact) mass is 177 g/mol. The van der Waals surface area contributed by atoms with E-state index in [4.69, 9.17) is 5.73 Å². The summed E-state index contributed by atoms with van der Waals surface area (Å²) in [4.78, 5) is 0. The van der Waals surface area contributed by atoms with E-state index < -0.39 is 0 Å². The van der Waals surface area contributed by atoms with Crippen molar-refractivity contribution in [2.24, 2.45) is 11.7 Å². The van der Waals surface area contributed by atoms with Gasteiger partial charge >= 0.3 is 0 Å². The molecule has 0 aliphatic heterocycles. The van der Waals surface area contributed by atoms with Crippen molar-refractivity contribution >= 4 is 0 Å². The lowest BCUT2D eigenvalue weighted by Gasteiger charge is -2.25. The number of hydrogen-bond acceptors (Lipinski definition) is 1. The molecule has 72 valence electrons. The second-order valence-electron chi connectivity index (χ2n) is 4.28. The van der Waals surface area contributed by atoms with E-state index in [1.54, 1.807) is 5.57 Å². The van der Waals surface area contributed by atoms with Crippen molar-refractivity contribution in [1.82, 2.24) is 0 Å². The molecule has 0 radical (unpaired) electrons. The minimum absolute atomic E-state index is 0.826. The van der Waals surface area contributed by atoms with Crippen LogP contribution in [0.15, 0.2) is 23.4 Å². The van der Waals surface area contributed by atoms with Crippen LogP contribution in [0.5, 0.6) is 0 Å².